The first-order chi connectivity index (χ1) is 23.0. The predicted octanol–water partition coefficient (Wildman–Crippen LogP) is 8.19. The van der Waals surface area contributed by atoms with Crippen molar-refractivity contribution in [2.45, 2.75) is 0 Å². The number of carbonyl (C=O) groups is 3. The van der Waals surface area contributed by atoms with Crippen molar-refractivity contribution in [3.05, 3.63) is 168 Å². The molecule has 47 heavy (non-hydrogen) atoms. The number of rotatable bonds is 9. The zero-order valence-electron chi connectivity index (χ0n) is 25.4. The van der Waals surface area contributed by atoms with Crippen LogP contribution in [0.5, 0.6) is 11.5 Å². The van der Waals surface area contributed by atoms with Crippen LogP contribution in [0.1, 0.15) is 15.9 Å². The van der Waals surface area contributed by atoms with E-state index in [1.54, 1.807) is 72.8 Å². The number of carbonyl (C=O) groups excluding carboxylic acids is 3. The zero-order chi connectivity index (χ0) is 32.6. The molecular formula is C40H29NO6. The molecule has 0 bridgehead atoms. The van der Waals surface area contributed by atoms with Gasteiger partial charge in [0.15, 0.2) is 0 Å². The molecule has 0 radical (unpaired) electrons. The van der Waals surface area contributed by atoms with E-state index in [9.17, 15) is 14.4 Å². The molecule has 6 aromatic rings. The van der Waals surface area contributed by atoms with E-state index in [0.29, 0.717) is 16.8 Å². The molecule has 7 heteroatoms. The minimum Gasteiger partial charge on any atom is -0.465 e. The summed E-state index contributed by atoms with van der Waals surface area (Å²) in [6.45, 7) is 0. The van der Waals surface area contributed by atoms with Gasteiger partial charge in [-0.2, -0.15) is 0 Å². The molecule has 0 N–H and O–H groups in total. The first-order valence-electron chi connectivity index (χ1n) is 14.8. The summed E-state index contributed by atoms with van der Waals surface area (Å²) in [5.74, 6) is -1.61. The summed E-state index contributed by atoms with van der Waals surface area (Å²) < 4.78 is 18.2. The number of methoxy groups -OCH3 is 1. The van der Waals surface area contributed by atoms with Gasteiger partial charge in [0, 0.05) is 11.3 Å². The fraction of sp³-hybridized carbons (Fsp3) is 0.0250. The van der Waals surface area contributed by atoms with Gasteiger partial charge in [-0.3, -0.25) is 0 Å². The van der Waals surface area contributed by atoms with E-state index < -0.39 is 17.9 Å². The lowest BCUT2D eigenvalue weighted by Crippen LogP contribution is -2.22. The summed E-state index contributed by atoms with van der Waals surface area (Å²) in [5.41, 5.74) is 4.62. The van der Waals surface area contributed by atoms with E-state index in [0.717, 1.165) is 22.5 Å². The van der Waals surface area contributed by atoms with Gasteiger partial charge in [0.1, 0.15) is 17.1 Å². The van der Waals surface area contributed by atoms with Gasteiger partial charge in [-0.25, -0.2) is 14.4 Å². The van der Waals surface area contributed by atoms with Crippen molar-refractivity contribution >= 4 is 24.0 Å². The van der Waals surface area contributed by atoms with E-state index in [2.05, 4.69) is 0 Å². The van der Waals surface area contributed by atoms with Gasteiger partial charge in [0.25, 0.3) is 0 Å². The monoisotopic (exact) mass is 619 g/mol. The van der Waals surface area contributed by atoms with Crippen molar-refractivity contribution in [2.24, 2.45) is 0 Å². The third kappa shape index (κ3) is 6.95. The van der Waals surface area contributed by atoms with Crippen LogP contribution in [0.25, 0.3) is 34.3 Å². The summed E-state index contributed by atoms with van der Waals surface area (Å²) in [4.78, 5) is 39.7. The van der Waals surface area contributed by atoms with Gasteiger partial charge >= 0.3 is 17.9 Å². The Morgan fingerprint density at radius 3 is 1.53 bits per heavy atom. The summed E-state index contributed by atoms with van der Waals surface area (Å²) in [6.07, 6.45) is 1.50. The van der Waals surface area contributed by atoms with Crippen LogP contribution in [0.15, 0.2) is 157 Å². The van der Waals surface area contributed by atoms with Crippen molar-refractivity contribution < 1.29 is 28.6 Å². The van der Waals surface area contributed by atoms with Crippen molar-refractivity contribution in [1.29, 1.82) is 0 Å². The second kappa shape index (κ2) is 14.1. The lowest BCUT2D eigenvalue weighted by atomic mass is 10.0. The Morgan fingerprint density at radius 1 is 0.574 bits per heavy atom. The molecule has 1 aromatic heterocycles. The average molecular weight is 620 g/mol. The third-order valence-corrected chi connectivity index (χ3v) is 7.34. The minimum atomic E-state index is -0.868. The van der Waals surface area contributed by atoms with Gasteiger partial charge in [-0.15, -0.1) is 0 Å². The SMILES string of the molecule is COC(=O)c1ccc(-n2c(-c3ccccc3)cc(C=C(C(=O)Oc3ccccc3)C(=O)Oc3ccccc3)c2-c2ccccc2)cc1. The van der Waals surface area contributed by atoms with Crippen molar-refractivity contribution in [2.75, 3.05) is 7.11 Å². The number of ether oxygens (including phenoxy) is 3. The average Bonchev–Trinajstić information content (AvgIpc) is 3.51. The maximum atomic E-state index is 13.7. The molecule has 0 fully saturated rings. The second-order valence-corrected chi connectivity index (χ2v) is 10.4. The summed E-state index contributed by atoms with van der Waals surface area (Å²) in [6, 6.07) is 45.4. The van der Waals surface area contributed by atoms with Crippen molar-refractivity contribution in [3.63, 3.8) is 0 Å². The van der Waals surface area contributed by atoms with E-state index in [1.807, 2.05) is 83.4 Å². The van der Waals surface area contributed by atoms with Crippen LogP contribution in [0.3, 0.4) is 0 Å². The van der Waals surface area contributed by atoms with Gasteiger partial charge in [-0.05, 0) is 71.8 Å². The molecule has 7 nitrogen and oxygen atoms in total. The molecule has 0 aliphatic carbocycles. The molecule has 5 aromatic carbocycles. The Labute approximate surface area is 271 Å². The Hall–Kier alpha value is -6.47. The van der Waals surface area contributed by atoms with E-state index in [1.165, 1.54) is 13.2 Å². The fourth-order valence-electron chi connectivity index (χ4n) is 5.14. The van der Waals surface area contributed by atoms with Crippen LogP contribution in [0, 0.1) is 0 Å². The number of nitrogens with zero attached hydrogens (tertiary/aromatic N) is 1. The molecule has 6 rings (SSSR count). The van der Waals surface area contributed by atoms with Crippen LogP contribution < -0.4 is 9.47 Å². The molecule has 230 valence electrons. The highest BCUT2D eigenvalue weighted by Crippen LogP contribution is 2.37. The number of esters is 3. The molecule has 1 heterocycles. The summed E-state index contributed by atoms with van der Waals surface area (Å²) in [5, 5.41) is 0. The van der Waals surface area contributed by atoms with Crippen molar-refractivity contribution in [3.8, 4) is 39.7 Å². The molecule has 0 saturated carbocycles. The number of aromatic nitrogens is 1. The zero-order valence-corrected chi connectivity index (χ0v) is 25.4. The van der Waals surface area contributed by atoms with E-state index in [-0.39, 0.29) is 17.1 Å². The number of para-hydroxylation sites is 2. The normalized spacial score (nSPS) is 10.5. The maximum Gasteiger partial charge on any atom is 0.351 e. The molecular weight excluding hydrogens is 590 g/mol. The van der Waals surface area contributed by atoms with E-state index in [4.69, 9.17) is 14.2 Å². The second-order valence-electron chi connectivity index (χ2n) is 10.4. The summed E-state index contributed by atoms with van der Waals surface area (Å²) >= 11 is 0. The van der Waals surface area contributed by atoms with Gasteiger partial charge < -0.3 is 18.8 Å². The maximum absolute atomic E-state index is 13.7. The van der Waals surface area contributed by atoms with E-state index >= 15 is 0 Å². The largest absolute Gasteiger partial charge is 0.465 e. The Balaban J connectivity index is 1.58. The van der Waals surface area contributed by atoms with Crippen molar-refractivity contribution in [1.82, 2.24) is 4.57 Å². The molecule has 0 aliphatic rings. The molecule has 0 spiro atoms. The number of benzene rings is 5. The number of hydrogen-bond acceptors (Lipinski definition) is 6. The Bertz CT molecular complexity index is 1980. The predicted molar refractivity (Wildman–Crippen MR) is 180 cm³/mol. The van der Waals surface area contributed by atoms with Crippen LogP contribution in [-0.4, -0.2) is 29.6 Å². The molecule has 0 aliphatic heterocycles. The topological polar surface area (TPSA) is 83.8 Å². The number of hydrogen-bond donors (Lipinski definition) is 0. The first-order valence-corrected chi connectivity index (χ1v) is 14.8. The smallest absolute Gasteiger partial charge is 0.351 e. The molecule has 0 atom stereocenters. The first kappa shape index (κ1) is 30.6. The molecule has 0 saturated heterocycles. The highest BCUT2D eigenvalue weighted by molar-refractivity contribution is 6.19. The van der Waals surface area contributed by atoms with Gasteiger partial charge in [-0.1, -0.05) is 97.1 Å². The third-order valence-electron chi connectivity index (χ3n) is 7.34. The van der Waals surface area contributed by atoms with Crippen LogP contribution >= 0.6 is 0 Å². The quantitative estimate of drug-likeness (QED) is 0.0534. The Morgan fingerprint density at radius 2 is 1.04 bits per heavy atom. The Kier molecular flexibility index (Phi) is 9.16. The van der Waals surface area contributed by atoms with Crippen LogP contribution in [0.4, 0.5) is 0 Å². The fourth-order valence-corrected chi connectivity index (χ4v) is 5.14. The van der Waals surface area contributed by atoms with Gasteiger partial charge in [0.2, 0.25) is 0 Å². The molecule has 0 unspecified atom stereocenters. The highest BCUT2D eigenvalue weighted by Gasteiger charge is 2.26. The standard InChI is InChI=1S/C40H29NO6/c1-45-38(42)30-22-24-32(25-23-30)41-36(28-14-6-2-7-15-28)27-31(37(41)29-16-8-3-9-17-29)26-35(39(43)46-33-18-10-4-11-19-33)40(44)47-34-20-12-5-13-21-34/h2-27H,1H3. The summed E-state index contributed by atoms with van der Waals surface area (Å²) in [7, 11) is 1.34. The highest BCUT2D eigenvalue weighted by atomic mass is 16.6. The van der Waals surface area contributed by atoms with Gasteiger partial charge in [0.05, 0.1) is 24.1 Å². The lowest BCUT2D eigenvalue weighted by molar-refractivity contribution is -0.137. The molecule has 0 amide bonds. The minimum absolute atomic E-state index is 0.285. The van der Waals surface area contributed by atoms with Crippen LogP contribution in [-0.2, 0) is 14.3 Å². The lowest BCUT2D eigenvalue weighted by Gasteiger charge is -2.16. The van der Waals surface area contributed by atoms with Crippen LogP contribution in [0.2, 0.25) is 0 Å².